The molecule has 5 rings (SSSR count). The Hall–Kier alpha value is -3.74. The van der Waals surface area contributed by atoms with Gasteiger partial charge in [0.15, 0.2) is 0 Å². The van der Waals surface area contributed by atoms with E-state index in [1.165, 1.54) is 6.07 Å². The normalized spacial score (nSPS) is 16.7. The first-order valence-electron chi connectivity index (χ1n) is 13.2. The van der Waals surface area contributed by atoms with Crippen LogP contribution in [0.5, 0.6) is 0 Å². The molecule has 2 aliphatic heterocycles. The van der Waals surface area contributed by atoms with Crippen molar-refractivity contribution in [3.63, 3.8) is 0 Å². The highest BCUT2D eigenvalue weighted by Crippen LogP contribution is 2.36. The van der Waals surface area contributed by atoms with Crippen molar-refractivity contribution in [3.05, 3.63) is 76.2 Å². The Bertz CT molecular complexity index is 1490. The number of alkyl halides is 3. The maximum atomic E-state index is 13.8. The maximum Gasteiger partial charge on any atom is 0.416 e. The molecule has 0 unspecified atom stereocenters. The summed E-state index contributed by atoms with van der Waals surface area (Å²) in [6.07, 6.45) is -0.125. The van der Waals surface area contributed by atoms with Gasteiger partial charge < -0.3 is 15.1 Å². The molecular weight excluding hydrogens is 557 g/mol. The highest BCUT2D eigenvalue weighted by atomic mass is 35.5. The van der Waals surface area contributed by atoms with Crippen molar-refractivity contribution in [2.24, 2.45) is 7.05 Å². The van der Waals surface area contributed by atoms with Crippen LogP contribution in [0.1, 0.15) is 33.6 Å². The molecule has 9 nitrogen and oxygen atoms in total. The average molecular weight is 589 g/mol. The van der Waals surface area contributed by atoms with Crippen LogP contribution in [0.3, 0.4) is 0 Å². The lowest BCUT2D eigenvalue weighted by Crippen LogP contribution is -2.38. The Labute approximate surface area is 241 Å². The minimum absolute atomic E-state index is 0.0715. The molecule has 2 aliphatic rings. The Morgan fingerprint density at radius 1 is 1.05 bits per heavy atom. The number of hydrogen-bond donors (Lipinski definition) is 2. The summed E-state index contributed by atoms with van der Waals surface area (Å²) in [4.78, 5) is 17.4. The van der Waals surface area contributed by atoms with Gasteiger partial charge in [0.2, 0.25) is 0 Å². The number of amides is 1. The van der Waals surface area contributed by atoms with E-state index in [-0.39, 0.29) is 11.3 Å². The van der Waals surface area contributed by atoms with E-state index in [0.717, 1.165) is 48.6 Å². The summed E-state index contributed by atoms with van der Waals surface area (Å²) in [5.74, 6) is -0.552. The van der Waals surface area contributed by atoms with Crippen LogP contribution in [0.25, 0.3) is 5.70 Å². The molecule has 1 saturated heterocycles. The number of hydrazine groups is 2. The van der Waals surface area contributed by atoms with Gasteiger partial charge in [0.25, 0.3) is 5.91 Å². The molecule has 1 aromatic heterocycles. The number of hydrogen-bond acceptors (Lipinski definition) is 7. The molecule has 218 valence electrons. The van der Waals surface area contributed by atoms with Gasteiger partial charge >= 0.3 is 6.18 Å². The lowest BCUT2D eigenvalue weighted by Gasteiger charge is -2.25. The van der Waals surface area contributed by atoms with Gasteiger partial charge in [-0.15, -0.1) is 5.53 Å². The molecule has 0 bridgehead atoms. The maximum absolute atomic E-state index is 13.8. The van der Waals surface area contributed by atoms with Crippen LogP contribution in [0, 0.1) is 6.92 Å². The van der Waals surface area contributed by atoms with E-state index in [0.29, 0.717) is 29.5 Å². The number of halogens is 4. The molecule has 1 fully saturated rings. The van der Waals surface area contributed by atoms with Gasteiger partial charge in [-0.3, -0.25) is 19.5 Å². The minimum Gasteiger partial charge on any atom is -0.370 e. The summed E-state index contributed by atoms with van der Waals surface area (Å²) in [7, 11) is 5.70. The van der Waals surface area contributed by atoms with Crippen molar-refractivity contribution < 1.29 is 18.0 Å². The molecule has 0 radical (unpaired) electrons. The molecule has 2 aromatic carbocycles. The molecule has 3 aromatic rings. The van der Waals surface area contributed by atoms with Crippen molar-refractivity contribution in [1.82, 2.24) is 25.2 Å². The van der Waals surface area contributed by atoms with Gasteiger partial charge in [-0.2, -0.15) is 18.3 Å². The average Bonchev–Trinajstić information content (AvgIpc) is 3.36. The molecule has 1 amide bonds. The van der Waals surface area contributed by atoms with E-state index >= 15 is 0 Å². The van der Waals surface area contributed by atoms with E-state index in [9.17, 15) is 18.0 Å². The van der Waals surface area contributed by atoms with Crippen LogP contribution < -0.4 is 20.8 Å². The fraction of sp³-hybridized carbons (Fsp3) is 0.357. The Kier molecular flexibility index (Phi) is 7.91. The van der Waals surface area contributed by atoms with Crippen molar-refractivity contribution in [1.29, 1.82) is 0 Å². The molecule has 0 atom stereocenters. The van der Waals surface area contributed by atoms with Gasteiger partial charge in [0.05, 0.1) is 28.2 Å². The van der Waals surface area contributed by atoms with Crippen molar-refractivity contribution in [2.45, 2.75) is 19.5 Å². The molecule has 0 aliphatic carbocycles. The Morgan fingerprint density at radius 2 is 1.83 bits per heavy atom. The van der Waals surface area contributed by atoms with Gasteiger partial charge in [-0.25, -0.2) is 0 Å². The van der Waals surface area contributed by atoms with E-state index < -0.39 is 17.6 Å². The predicted molar refractivity (Wildman–Crippen MR) is 154 cm³/mol. The second kappa shape index (κ2) is 11.3. The Balaban J connectivity index is 1.41. The molecule has 2 N–H and O–H groups in total. The summed E-state index contributed by atoms with van der Waals surface area (Å²) >= 11 is 6.51. The summed E-state index contributed by atoms with van der Waals surface area (Å²) in [5.41, 5.74) is 6.34. The first-order chi connectivity index (χ1) is 19.4. The zero-order chi connectivity index (χ0) is 29.5. The van der Waals surface area contributed by atoms with Gasteiger partial charge in [0.1, 0.15) is 0 Å². The van der Waals surface area contributed by atoms with Crippen molar-refractivity contribution >= 4 is 40.3 Å². The number of nitrogens with zero attached hydrogens (tertiary/aromatic N) is 6. The smallest absolute Gasteiger partial charge is 0.370 e. The first-order valence-corrected chi connectivity index (χ1v) is 13.6. The molecule has 0 spiro atoms. The predicted octanol–water partition coefficient (Wildman–Crippen LogP) is 4.96. The number of aromatic nitrogens is 2. The zero-order valence-corrected chi connectivity index (χ0v) is 24.0. The number of rotatable bonds is 5. The highest BCUT2D eigenvalue weighted by Gasteiger charge is 2.32. The number of anilines is 3. The standard InChI is InChI=1S/C28H32ClF3N8O/c1-18-23(16-33-37(18)3)26-17-40(35-38(26)4)25-12-19(6-7-24(25)29)27(41)34-21-13-20(28(30,31)32)14-22(15-21)39-9-5-8-36(2)10-11-39/h6-7,12-17,35H,5,8-11H2,1-4H3,(H,34,41). The van der Waals surface area contributed by atoms with Crippen LogP contribution in [0.2, 0.25) is 5.02 Å². The van der Waals surface area contributed by atoms with E-state index in [1.807, 2.05) is 39.2 Å². The fourth-order valence-electron chi connectivity index (χ4n) is 4.95. The van der Waals surface area contributed by atoms with Crippen LogP contribution in [0.4, 0.5) is 30.2 Å². The summed E-state index contributed by atoms with van der Waals surface area (Å²) in [5, 5.41) is 10.8. The van der Waals surface area contributed by atoms with E-state index in [1.54, 1.807) is 39.1 Å². The van der Waals surface area contributed by atoms with Crippen LogP contribution in [-0.4, -0.2) is 65.9 Å². The lowest BCUT2D eigenvalue weighted by molar-refractivity contribution is -0.137. The van der Waals surface area contributed by atoms with E-state index in [2.05, 4.69) is 20.9 Å². The lowest BCUT2D eigenvalue weighted by atomic mass is 10.1. The minimum atomic E-state index is -4.56. The molecule has 13 heteroatoms. The largest absolute Gasteiger partial charge is 0.416 e. The third-order valence-corrected chi connectivity index (χ3v) is 7.76. The number of aryl methyl sites for hydroxylation is 1. The Morgan fingerprint density at radius 3 is 2.54 bits per heavy atom. The number of benzene rings is 2. The third-order valence-electron chi connectivity index (χ3n) is 7.44. The molecule has 41 heavy (non-hydrogen) atoms. The second-order valence-corrected chi connectivity index (χ2v) is 10.7. The molecular formula is C28H32ClF3N8O. The van der Waals surface area contributed by atoms with Gasteiger partial charge in [-0.1, -0.05) is 11.6 Å². The zero-order valence-electron chi connectivity index (χ0n) is 23.3. The van der Waals surface area contributed by atoms with Crippen LogP contribution >= 0.6 is 11.6 Å². The summed E-state index contributed by atoms with van der Waals surface area (Å²) in [6.45, 7) is 4.80. The van der Waals surface area contributed by atoms with Crippen molar-refractivity contribution in [3.8, 4) is 0 Å². The highest BCUT2D eigenvalue weighted by molar-refractivity contribution is 6.33. The summed E-state index contributed by atoms with van der Waals surface area (Å²) in [6, 6.07) is 8.41. The molecule has 0 saturated carbocycles. The number of nitrogens with one attached hydrogen (secondary N) is 2. The van der Waals surface area contributed by atoms with Crippen LogP contribution in [-0.2, 0) is 13.2 Å². The fourth-order valence-corrected chi connectivity index (χ4v) is 5.16. The number of carbonyl (C=O) groups is 1. The molecule has 3 heterocycles. The van der Waals surface area contributed by atoms with Gasteiger partial charge in [-0.05, 0) is 63.3 Å². The number of carbonyl (C=O) groups excluding carboxylic acids is 1. The van der Waals surface area contributed by atoms with E-state index in [4.69, 9.17) is 11.6 Å². The topological polar surface area (TPSA) is 71.9 Å². The third kappa shape index (κ3) is 6.14. The SMILES string of the molecule is Cc1c(C2=CN(c3cc(C(=O)Nc4cc(N5CCCN(C)CC5)cc(C(F)(F)F)c4)ccc3Cl)NN2C)cnn1C. The second-order valence-electron chi connectivity index (χ2n) is 10.3. The summed E-state index contributed by atoms with van der Waals surface area (Å²) < 4.78 is 43.2. The number of likely N-dealkylation sites (N-methyl/N-ethyl adjacent to an activating group) is 1. The quantitative estimate of drug-likeness (QED) is 0.436. The van der Waals surface area contributed by atoms with Crippen LogP contribution in [0.15, 0.2) is 48.8 Å². The first kappa shape index (κ1) is 28.8. The van der Waals surface area contributed by atoms with Crippen molar-refractivity contribution in [2.75, 3.05) is 55.5 Å². The monoisotopic (exact) mass is 588 g/mol. The van der Waals surface area contributed by atoms with Gasteiger partial charge in [0, 0.05) is 68.1 Å².